The number of amides is 3. The summed E-state index contributed by atoms with van der Waals surface area (Å²) in [5, 5.41) is 4.61. The molecule has 2 N–H and O–H groups in total. The molecule has 0 bridgehead atoms. The molecule has 0 saturated carbocycles. The Morgan fingerprint density at radius 3 is 2.24 bits per heavy atom. The van der Waals surface area contributed by atoms with Crippen molar-refractivity contribution in [3.63, 3.8) is 0 Å². The van der Waals surface area contributed by atoms with Crippen LogP contribution in [0.1, 0.15) is 27.2 Å². The first-order chi connectivity index (χ1) is 9.74. The average molecular weight is 340 g/mol. The Kier molecular flexibility index (Phi) is 6.52. The summed E-state index contributed by atoms with van der Waals surface area (Å²) in [4.78, 5) is 22.7. The van der Waals surface area contributed by atoms with Crippen LogP contribution in [0.2, 0.25) is 0 Å². The Bertz CT molecular complexity index is 475. The highest BCUT2D eigenvalue weighted by Crippen LogP contribution is 2.48. The first-order valence-corrected chi connectivity index (χ1v) is 9.83. The molecule has 122 valence electrons. The van der Waals surface area contributed by atoms with Crippen LogP contribution in [-0.2, 0) is 29.2 Å². The number of hydrogen-bond acceptors (Lipinski definition) is 6. The summed E-state index contributed by atoms with van der Waals surface area (Å²) in [7, 11) is -4.86. The number of carbonyl (C=O) groups is 2. The van der Waals surface area contributed by atoms with Crippen molar-refractivity contribution in [2.75, 3.05) is 24.5 Å². The zero-order valence-corrected chi connectivity index (χ0v) is 14.1. The van der Waals surface area contributed by atoms with Crippen molar-refractivity contribution in [2.24, 2.45) is 0 Å². The normalized spacial score (nSPS) is 23.8. The van der Waals surface area contributed by atoms with Gasteiger partial charge in [0.25, 0.3) is 5.91 Å². The van der Waals surface area contributed by atoms with Gasteiger partial charge < -0.3 is 14.4 Å². The van der Waals surface area contributed by atoms with Crippen LogP contribution in [0, 0.1) is 0 Å². The summed E-state index contributed by atoms with van der Waals surface area (Å²) in [5.41, 5.74) is -1.31. The highest BCUT2D eigenvalue weighted by Gasteiger charge is 2.42. The Labute approximate surface area is 126 Å². The zero-order valence-electron chi connectivity index (χ0n) is 12.3. The molecule has 0 aromatic heterocycles. The van der Waals surface area contributed by atoms with Gasteiger partial charge in [-0.25, -0.2) is 4.79 Å². The van der Waals surface area contributed by atoms with Gasteiger partial charge >= 0.3 is 13.6 Å². The van der Waals surface area contributed by atoms with E-state index in [2.05, 4.69) is 10.6 Å². The number of hydrogen-bond donors (Lipinski definition) is 2. The molecule has 0 aromatic rings. The predicted octanol–water partition coefficient (Wildman–Crippen LogP) is 0.947. The summed E-state index contributed by atoms with van der Waals surface area (Å²) >= 11 is 0. The van der Waals surface area contributed by atoms with Crippen molar-refractivity contribution in [3.05, 3.63) is 0 Å². The lowest BCUT2D eigenvalue weighted by Crippen LogP contribution is -2.44. The molecule has 8 nitrogen and oxygen atoms in total. The Morgan fingerprint density at radius 2 is 1.81 bits per heavy atom. The van der Waals surface area contributed by atoms with Crippen LogP contribution in [-0.4, -0.2) is 46.1 Å². The molecule has 1 aliphatic heterocycles. The van der Waals surface area contributed by atoms with E-state index in [-0.39, 0.29) is 30.9 Å². The fourth-order valence-electron chi connectivity index (χ4n) is 1.82. The van der Waals surface area contributed by atoms with Gasteiger partial charge in [0.05, 0.1) is 13.2 Å². The second-order valence-corrected chi connectivity index (χ2v) is 8.77. The lowest BCUT2D eigenvalue weighted by Gasteiger charge is -2.21. The SMILES string of the molecule is CCOP(=O)(CS(=O)CCC1(C)NC(=O)NC1=O)OCC. The van der Waals surface area contributed by atoms with Crippen LogP contribution in [0.3, 0.4) is 0 Å². The summed E-state index contributed by atoms with van der Waals surface area (Å²) in [6.45, 7) is 5.30. The van der Waals surface area contributed by atoms with Gasteiger partial charge in [-0.2, -0.15) is 0 Å². The highest BCUT2D eigenvalue weighted by molar-refractivity contribution is 7.92. The number of urea groups is 1. The van der Waals surface area contributed by atoms with Gasteiger partial charge in [0.2, 0.25) is 0 Å². The van der Waals surface area contributed by atoms with Crippen LogP contribution in [0.4, 0.5) is 4.79 Å². The fourth-order valence-corrected chi connectivity index (χ4v) is 5.84. The predicted molar refractivity (Wildman–Crippen MR) is 78.4 cm³/mol. The van der Waals surface area contributed by atoms with Crippen molar-refractivity contribution in [1.29, 1.82) is 0 Å². The Balaban J connectivity index is 2.55. The second kappa shape index (κ2) is 7.49. The van der Waals surface area contributed by atoms with Crippen molar-refractivity contribution in [1.82, 2.24) is 10.6 Å². The topological polar surface area (TPSA) is 111 Å². The van der Waals surface area contributed by atoms with Gasteiger partial charge in [0, 0.05) is 16.6 Å². The van der Waals surface area contributed by atoms with E-state index in [0.29, 0.717) is 0 Å². The molecule has 1 saturated heterocycles. The molecule has 1 heterocycles. The standard InChI is InChI=1S/C11H21N2O6PS/c1-4-18-20(16,19-5-2)8-21(17)7-6-11(3)9(14)12-10(15)13-11/h4-8H2,1-3H3,(H2,12,13,14,15). The largest absolute Gasteiger partial charge is 0.343 e. The van der Waals surface area contributed by atoms with Crippen molar-refractivity contribution in [2.45, 2.75) is 32.7 Å². The minimum Gasteiger partial charge on any atom is -0.324 e. The lowest BCUT2D eigenvalue weighted by molar-refractivity contribution is -0.123. The molecular formula is C11H21N2O6PS. The molecule has 0 aliphatic carbocycles. The van der Waals surface area contributed by atoms with Gasteiger partial charge in [-0.15, -0.1) is 0 Å². The Hall–Kier alpha value is -0.760. The molecule has 1 fully saturated rings. The van der Waals surface area contributed by atoms with E-state index in [1.165, 1.54) is 0 Å². The minimum atomic E-state index is -3.37. The van der Waals surface area contributed by atoms with Crippen LogP contribution in [0.25, 0.3) is 0 Å². The smallest absolute Gasteiger partial charge is 0.324 e. The van der Waals surface area contributed by atoms with Crippen LogP contribution in [0.15, 0.2) is 0 Å². The van der Waals surface area contributed by atoms with Gasteiger partial charge in [-0.05, 0) is 27.2 Å². The second-order valence-electron chi connectivity index (χ2n) is 4.71. The number of imide groups is 1. The van der Waals surface area contributed by atoms with Crippen molar-refractivity contribution >= 4 is 30.3 Å². The molecule has 3 amide bonds. The number of rotatable bonds is 9. The maximum absolute atomic E-state index is 12.2. The molecule has 1 aliphatic rings. The molecule has 2 atom stereocenters. The molecule has 0 radical (unpaired) electrons. The van der Waals surface area contributed by atoms with Crippen LogP contribution >= 0.6 is 7.60 Å². The van der Waals surface area contributed by atoms with E-state index >= 15 is 0 Å². The number of nitrogens with one attached hydrogen (secondary N) is 2. The van der Waals surface area contributed by atoms with E-state index in [1.807, 2.05) is 0 Å². The molecule has 2 unspecified atom stereocenters. The van der Waals surface area contributed by atoms with Gasteiger partial charge in [0.1, 0.15) is 11.0 Å². The maximum Gasteiger partial charge on any atom is 0.343 e. The van der Waals surface area contributed by atoms with E-state index in [4.69, 9.17) is 9.05 Å². The first-order valence-electron chi connectivity index (χ1n) is 6.61. The van der Waals surface area contributed by atoms with Gasteiger partial charge in [0.15, 0.2) is 0 Å². The van der Waals surface area contributed by atoms with Crippen molar-refractivity contribution in [3.8, 4) is 0 Å². The summed E-state index contributed by atoms with van der Waals surface area (Å²) < 4.78 is 34.4. The molecular weight excluding hydrogens is 319 g/mol. The van der Waals surface area contributed by atoms with E-state index < -0.39 is 35.9 Å². The third-order valence-corrected chi connectivity index (χ3v) is 7.28. The summed E-state index contributed by atoms with van der Waals surface area (Å²) in [5.74, 6) is -0.351. The van der Waals surface area contributed by atoms with Gasteiger partial charge in [-0.1, -0.05) is 0 Å². The number of carbonyl (C=O) groups excluding carboxylic acids is 2. The molecule has 21 heavy (non-hydrogen) atoms. The average Bonchev–Trinajstić information content (AvgIpc) is 2.61. The third-order valence-electron chi connectivity index (χ3n) is 2.90. The highest BCUT2D eigenvalue weighted by atomic mass is 32.2. The van der Waals surface area contributed by atoms with E-state index in [1.54, 1.807) is 20.8 Å². The van der Waals surface area contributed by atoms with E-state index in [0.717, 1.165) is 0 Å². The first kappa shape index (κ1) is 18.3. The molecule has 10 heteroatoms. The van der Waals surface area contributed by atoms with Gasteiger partial charge in [-0.3, -0.25) is 18.9 Å². The monoisotopic (exact) mass is 340 g/mol. The third kappa shape index (κ3) is 5.18. The maximum atomic E-state index is 12.2. The molecule has 0 spiro atoms. The van der Waals surface area contributed by atoms with E-state index in [9.17, 15) is 18.4 Å². The fraction of sp³-hybridized carbons (Fsp3) is 0.818. The quantitative estimate of drug-likeness (QED) is 0.477. The zero-order chi connectivity index (χ0) is 16.1. The Morgan fingerprint density at radius 1 is 1.24 bits per heavy atom. The minimum absolute atomic E-state index is 0.105. The van der Waals surface area contributed by atoms with Crippen LogP contribution in [0.5, 0.6) is 0 Å². The summed E-state index contributed by atoms with van der Waals surface area (Å²) in [6, 6.07) is -0.567. The molecule has 1 rings (SSSR count). The van der Waals surface area contributed by atoms with Crippen molar-refractivity contribution < 1.29 is 27.4 Å². The lowest BCUT2D eigenvalue weighted by atomic mass is 10.00. The molecule has 0 aromatic carbocycles. The van der Waals surface area contributed by atoms with Crippen LogP contribution < -0.4 is 10.6 Å². The summed E-state index contributed by atoms with van der Waals surface area (Å²) in [6.07, 6.45) is 0.176.